The van der Waals surface area contributed by atoms with E-state index in [2.05, 4.69) is 41.2 Å². The molecule has 4 atom stereocenters. The lowest BCUT2D eigenvalue weighted by atomic mass is 9.62. The number of allylic oxidation sites excluding steroid dienone is 1. The van der Waals surface area contributed by atoms with Gasteiger partial charge in [-0.25, -0.2) is 0 Å². The van der Waals surface area contributed by atoms with Gasteiger partial charge in [-0.15, -0.1) is 6.58 Å². The monoisotopic (exact) mass is 222 g/mol. The van der Waals surface area contributed by atoms with E-state index in [1.165, 1.54) is 17.6 Å². The summed E-state index contributed by atoms with van der Waals surface area (Å²) < 4.78 is 0. The highest BCUT2D eigenvalue weighted by atomic mass is 16.3. The van der Waals surface area contributed by atoms with Crippen LogP contribution in [0.25, 0.3) is 0 Å². The van der Waals surface area contributed by atoms with Crippen molar-refractivity contribution in [3.05, 3.63) is 23.8 Å². The van der Waals surface area contributed by atoms with Crippen LogP contribution in [0.15, 0.2) is 23.8 Å². The molecule has 1 aliphatic rings. The Kier molecular flexibility index (Phi) is 4.01. The summed E-state index contributed by atoms with van der Waals surface area (Å²) >= 11 is 0. The van der Waals surface area contributed by atoms with Crippen molar-refractivity contribution in [3.8, 4) is 0 Å². The summed E-state index contributed by atoms with van der Waals surface area (Å²) in [6.45, 7) is 14.6. The Morgan fingerprint density at radius 1 is 1.50 bits per heavy atom. The lowest BCUT2D eigenvalue weighted by molar-refractivity contribution is -0.0477. The summed E-state index contributed by atoms with van der Waals surface area (Å²) in [5, 5.41) is 11.1. The van der Waals surface area contributed by atoms with Gasteiger partial charge in [-0.3, -0.25) is 0 Å². The minimum atomic E-state index is -0.682. The molecule has 0 saturated heterocycles. The van der Waals surface area contributed by atoms with E-state index < -0.39 is 5.60 Å². The van der Waals surface area contributed by atoms with E-state index in [9.17, 15) is 5.11 Å². The molecule has 0 aliphatic heterocycles. The van der Waals surface area contributed by atoms with Gasteiger partial charge >= 0.3 is 0 Å². The maximum absolute atomic E-state index is 11.1. The molecule has 1 fully saturated rings. The standard InChI is InChI=1S/C15H26O/c1-7-12(5)15(16)13(6)11(4)8-9-14(15)10(2)3/h7,11-13,16H,1,8-9H2,2-6H3/t11-,12+,13+,15-/m1/s1. The van der Waals surface area contributed by atoms with Crippen LogP contribution in [0.3, 0.4) is 0 Å². The topological polar surface area (TPSA) is 20.2 Å². The zero-order chi connectivity index (χ0) is 12.5. The fourth-order valence-corrected chi connectivity index (χ4v) is 3.05. The van der Waals surface area contributed by atoms with Crippen LogP contribution in [0.4, 0.5) is 0 Å². The van der Waals surface area contributed by atoms with Crippen LogP contribution >= 0.6 is 0 Å². The Morgan fingerprint density at radius 3 is 2.50 bits per heavy atom. The van der Waals surface area contributed by atoms with Crippen molar-refractivity contribution >= 4 is 0 Å². The SMILES string of the molecule is C=C[C@H](C)[C@]1(O)C(=C(C)C)CC[C@@H](C)[C@@H]1C. The second kappa shape index (κ2) is 4.75. The molecule has 92 valence electrons. The Hall–Kier alpha value is -0.560. The van der Waals surface area contributed by atoms with Gasteiger partial charge in [-0.1, -0.05) is 32.4 Å². The third-order valence-corrected chi connectivity index (χ3v) is 4.53. The highest BCUT2D eigenvalue weighted by molar-refractivity contribution is 5.28. The van der Waals surface area contributed by atoms with Gasteiger partial charge < -0.3 is 5.11 Å². The van der Waals surface area contributed by atoms with E-state index in [0.717, 1.165) is 6.42 Å². The smallest absolute Gasteiger partial charge is 0.0946 e. The molecule has 1 nitrogen and oxygen atoms in total. The number of hydrogen-bond donors (Lipinski definition) is 1. The van der Waals surface area contributed by atoms with Crippen molar-refractivity contribution in [2.45, 2.75) is 53.1 Å². The van der Waals surface area contributed by atoms with Crippen molar-refractivity contribution in [3.63, 3.8) is 0 Å². The van der Waals surface area contributed by atoms with Crippen molar-refractivity contribution in [1.82, 2.24) is 0 Å². The third kappa shape index (κ3) is 1.98. The van der Waals surface area contributed by atoms with Crippen molar-refractivity contribution in [1.29, 1.82) is 0 Å². The van der Waals surface area contributed by atoms with Crippen LogP contribution in [0.2, 0.25) is 0 Å². The van der Waals surface area contributed by atoms with E-state index in [4.69, 9.17) is 0 Å². The van der Waals surface area contributed by atoms with E-state index in [1.54, 1.807) is 0 Å². The van der Waals surface area contributed by atoms with Crippen LogP contribution in [0.5, 0.6) is 0 Å². The minimum Gasteiger partial charge on any atom is -0.385 e. The normalized spacial score (nSPS) is 37.0. The Morgan fingerprint density at radius 2 is 2.06 bits per heavy atom. The van der Waals surface area contributed by atoms with Gasteiger partial charge in [0.15, 0.2) is 0 Å². The molecule has 1 rings (SSSR count). The predicted octanol–water partition coefficient (Wildman–Crippen LogP) is 3.94. The first kappa shape index (κ1) is 13.5. The molecule has 0 spiro atoms. The van der Waals surface area contributed by atoms with Crippen LogP contribution in [0, 0.1) is 17.8 Å². The fourth-order valence-electron chi connectivity index (χ4n) is 3.05. The molecule has 16 heavy (non-hydrogen) atoms. The maximum atomic E-state index is 11.1. The van der Waals surface area contributed by atoms with Gasteiger partial charge in [0.1, 0.15) is 0 Å². The van der Waals surface area contributed by atoms with Gasteiger partial charge in [0.2, 0.25) is 0 Å². The highest BCUT2D eigenvalue weighted by Gasteiger charge is 2.46. The lowest BCUT2D eigenvalue weighted by Gasteiger charge is -2.47. The summed E-state index contributed by atoms with van der Waals surface area (Å²) in [7, 11) is 0. The Balaban J connectivity index is 3.23. The first-order chi connectivity index (χ1) is 7.35. The van der Waals surface area contributed by atoms with Gasteiger partial charge in [0.25, 0.3) is 0 Å². The molecule has 1 N–H and O–H groups in total. The van der Waals surface area contributed by atoms with Gasteiger partial charge in [0.05, 0.1) is 5.60 Å². The predicted molar refractivity (Wildman–Crippen MR) is 70.2 cm³/mol. The molecule has 1 heteroatoms. The second-order valence-electron chi connectivity index (χ2n) is 5.63. The average molecular weight is 222 g/mol. The molecule has 1 saturated carbocycles. The first-order valence-electron chi connectivity index (χ1n) is 6.37. The van der Waals surface area contributed by atoms with Crippen molar-refractivity contribution in [2.75, 3.05) is 0 Å². The summed E-state index contributed by atoms with van der Waals surface area (Å²) in [6.07, 6.45) is 4.11. The Bertz CT molecular complexity index is 299. The molecule has 0 radical (unpaired) electrons. The zero-order valence-corrected chi connectivity index (χ0v) is 11.4. The van der Waals surface area contributed by atoms with Crippen LogP contribution in [-0.2, 0) is 0 Å². The molecule has 0 unspecified atom stereocenters. The minimum absolute atomic E-state index is 0.121. The average Bonchev–Trinajstić information content (AvgIpc) is 2.24. The van der Waals surface area contributed by atoms with Gasteiger partial charge in [-0.05, 0) is 44.1 Å². The quantitative estimate of drug-likeness (QED) is 0.702. The number of hydrogen-bond acceptors (Lipinski definition) is 1. The molecule has 0 aromatic heterocycles. The number of rotatable bonds is 2. The lowest BCUT2D eigenvalue weighted by Crippen LogP contribution is -2.49. The van der Waals surface area contributed by atoms with E-state index in [0.29, 0.717) is 11.8 Å². The van der Waals surface area contributed by atoms with E-state index in [-0.39, 0.29) is 5.92 Å². The van der Waals surface area contributed by atoms with Crippen molar-refractivity contribution < 1.29 is 5.11 Å². The van der Waals surface area contributed by atoms with Crippen LogP contribution < -0.4 is 0 Å². The summed E-state index contributed by atoms with van der Waals surface area (Å²) in [5.74, 6) is 1.00. The number of aliphatic hydroxyl groups is 1. The molecular weight excluding hydrogens is 196 g/mol. The molecular formula is C15H26O. The second-order valence-corrected chi connectivity index (χ2v) is 5.63. The first-order valence-corrected chi connectivity index (χ1v) is 6.37. The largest absolute Gasteiger partial charge is 0.385 e. The van der Waals surface area contributed by atoms with Crippen LogP contribution in [-0.4, -0.2) is 10.7 Å². The third-order valence-electron chi connectivity index (χ3n) is 4.53. The molecule has 0 amide bonds. The molecule has 0 bridgehead atoms. The summed E-state index contributed by atoms with van der Waals surface area (Å²) in [4.78, 5) is 0. The zero-order valence-electron chi connectivity index (χ0n) is 11.4. The Labute approximate surface area is 100 Å². The summed E-state index contributed by atoms with van der Waals surface area (Å²) in [6, 6.07) is 0. The molecule has 0 heterocycles. The van der Waals surface area contributed by atoms with Gasteiger partial charge in [0, 0.05) is 5.92 Å². The summed E-state index contributed by atoms with van der Waals surface area (Å²) in [5.41, 5.74) is 1.83. The molecule has 1 aliphatic carbocycles. The van der Waals surface area contributed by atoms with E-state index >= 15 is 0 Å². The van der Waals surface area contributed by atoms with E-state index in [1.807, 2.05) is 6.08 Å². The highest BCUT2D eigenvalue weighted by Crippen LogP contribution is 2.46. The van der Waals surface area contributed by atoms with Gasteiger partial charge in [-0.2, -0.15) is 0 Å². The molecule has 0 aromatic carbocycles. The maximum Gasteiger partial charge on any atom is 0.0946 e. The fraction of sp³-hybridized carbons (Fsp3) is 0.733. The van der Waals surface area contributed by atoms with Crippen molar-refractivity contribution in [2.24, 2.45) is 17.8 Å². The van der Waals surface area contributed by atoms with Crippen LogP contribution in [0.1, 0.15) is 47.5 Å². The molecule has 0 aromatic rings.